The molecule has 0 aliphatic heterocycles. The van der Waals surface area contributed by atoms with Gasteiger partial charge in [-0.3, -0.25) is 4.79 Å². The third-order valence-corrected chi connectivity index (χ3v) is 5.21. The van der Waals surface area contributed by atoms with Gasteiger partial charge in [0.2, 0.25) is 0 Å². The zero-order chi connectivity index (χ0) is 21.7. The van der Waals surface area contributed by atoms with Crippen molar-refractivity contribution in [3.05, 3.63) is 0 Å². The molecule has 6 nitrogen and oxygen atoms in total. The molecule has 6 heteroatoms. The van der Waals surface area contributed by atoms with E-state index >= 15 is 0 Å². The molecule has 0 bridgehead atoms. The highest BCUT2D eigenvalue weighted by atomic mass is 16.6. The average molecular weight is 417 g/mol. The van der Waals surface area contributed by atoms with Crippen LogP contribution in [-0.2, 0) is 14.3 Å². The lowest BCUT2D eigenvalue weighted by atomic mass is 10.0. The molecule has 0 fully saturated rings. The van der Waals surface area contributed by atoms with E-state index in [1.807, 2.05) is 0 Å². The molecule has 3 N–H and O–H groups in total. The van der Waals surface area contributed by atoms with E-state index in [1.54, 1.807) is 0 Å². The molecule has 0 aromatic rings. The van der Waals surface area contributed by atoms with Crippen LogP contribution in [0.1, 0.15) is 116 Å². The molecule has 0 aliphatic rings. The number of aliphatic hydroxyl groups is 3. The first-order valence-corrected chi connectivity index (χ1v) is 11.7. The molecule has 0 radical (unpaired) electrons. The maximum atomic E-state index is 11.6. The molecule has 0 heterocycles. The number of rotatable bonds is 20. The molecule has 0 rings (SSSR count). The Balaban J connectivity index is 3.45. The van der Waals surface area contributed by atoms with E-state index in [-0.39, 0.29) is 12.8 Å². The zero-order valence-electron chi connectivity index (χ0n) is 18.4. The topological polar surface area (TPSA) is 104 Å². The van der Waals surface area contributed by atoms with Gasteiger partial charge in [0.25, 0.3) is 0 Å². The Bertz CT molecular complexity index is 399. The van der Waals surface area contributed by atoms with Gasteiger partial charge in [0, 0.05) is 6.42 Å². The minimum Gasteiger partial charge on any atom is -0.394 e. The highest BCUT2D eigenvalue weighted by molar-refractivity contribution is 5.87. The number of carbonyl (C=O) groups is 2. The summed E-state index contributed by atoms with van der Waals surface area (Å²) in [6.07, 6.45) is 15.2. The van der Waals surface area contributed by atoms with Gasteiger partial charge in [0.15, 0.2) is 6.10 Å². The Morgan fingerprint density at radius 3 is 1.62 bits per heavy atom. The fourth-order valence-electron chi connectivity index (χ4n) is 3.26. The van der Waals surface area contributed by atoms with Crippen LogP contribution in [0, 0.1) is 0 Å². The van der Waals surface area contributed by atoms with Gasteiger partial charge >= 0.3 is 11.9 Å². The fourth-order valence-corrected chi connectivity index (χ4v) is 3.26. The zero-order valence-corrected chi connectivity index (χ0v) is 18.4. The summed E-state index contributed by atoms with van der Waals surface area (Å²) in [6, 6.07) is 0. The molecule has 0 aromatic carbocycles. The van der Waals surface area contributed by atoms with Crippen molar-refractivity contribution in [2.45, 2.75) is 128 Å². The van der Waals surface area contributed by atoms with E-state index < -0.39 is 30.8 Å². The van der Waals surface area contributed by atoms with Crippen LogP contribution in [-0.4, -0.2) is 46.1 Å². The van der Waals surface area contributed by atoms with Crippen LogP contribution in [0.3, 0.4) is 0 Å². The van der Waals surface area contributed by atoms with Crippen molar-refractivity contribution in [2.75, 3.05) is 6.61 Å². The average Bonchev–Trinajstić information content (AvgIpc) is 2.71. The van der Waals surface area contributed by atoms with E-state index in [1.165, 1.54) is 70.6 Å². The van der Waals surface area contributed by atoms with Gasteiger partial charge in [0.05, 0.1) is 12.7 Å². The lowest BCUT2D eigenvalue weighted by Gasteiger charge is -2.10. The summed E-state index contributed by atoms with van der Waals surface area (Å²) in [5.74, 6) is -1.72. The summed E-state index contributed by atoms with van der Waals surface area (Å²) in [7, 11) is 0. The van der Waals surface area contributed by atoms with Gasteiger partial charge in [-0.25, -0.2) is 4.79 Å². The minimum absolute atomic E-state index is 0.0255. The number of ether oxygens (including phenoxy) is 1. The number of carbonyl (C=O) groups excluding carboxylic acids is 2. The molecule has 0 aromatic heterocycles. The van der Waals surface area contributed by atoms with Gasteiger partial charge in [-0.05, 0) is 12.8 Å². The van der Waals surface area contributed by atoms with E-state index in [0.29, 0.717) is 6.42 Å². The summed E-state index contributed by atoms with van der Waals surface area (Å²) in [5.41, 5.74) is 0. The normalized spacial score (nSPS) is 13.2. The molecule has 0 saturated heterocycles. The first kappa shape index (κ1) is 28.0. The van der Waals surface area contributed by atoms with Crippen LogP contribution in [0.5, 0.6) is 0 Å². The van der Waals surface area contributed by atoms with Crippen LogP contribution in [0.4, 0.5) is 0 Å². The van der Waals surface area contributed by atoms with Crippen molar-refractivity contribution in [2.24, 2.45) is 0 Å². The fraction of sp³-hybridized carbons (Fsp3) is 0.913. The van der Waals surface area contributed by atoms with Crippen molar-refractivity contribution < 1.29 is 29.6 Å². The van der Waals surface area contributed by atoms with Gasteiger partial charge in [0.1, 0.15) is 0 Å². The molecule has 0 saturated carbocycles. The van der Waals surface area contributed by atoms with E-state index in [0.717, 1.165) is 19.3 Å². The second-order valence-electron chi connectivity index (χ2n) is 8.07. The second kappa shape index (κ2) is 20.3. The SMILES string of the molecule is CCCCCCCCCCCCCCCCC(O)C(=O)OC(=O)CCC(O)CO. The van der Waals surface area contributed by atoms with Crippen molar-refractivity contribution in [3.63, 3.8) is 0 Å². The quantitative estimate of drug-likeness (QED) is 0.154. The Labute approximate surface area is 177 Å². The summed E-state index contributed by atoms with van der Waals surface area (Å²) in [6.45, 7) is 1.80. The smallest absolute Gasteiger partial charge is 0.342 e. The third-order valence-electron chi connectivity index (χ3n) is 5.21. The van der Waals surface area contributed by atoms with Crippen LogP contribution < -0.4 is 0 Å². The first-order valence-electron chi connectivity index (χ1n) is 11.7. The van der Waals surface area contributed by atoms with Crippen molar-refractivity contribution in [1.29, 1.82) is 0 Å². The molecule has 2 unspecified atom stereocenters. The number of aliphatic hydroxyl groups excluding tert-OH is 3. The third kappa shape index (κ3) is 18.8. The maximum Gasteiger partial charge on any atom is 0.342 e. The first-order chi connectivity index (χ1) is 14.0. The van der Waals surface area contributed by atoms with Gasteiger partial charge in [-0.1, -0.05) is 96.8 Å². The molecule has 0 aliphatic carbocycles. The Kier molecular flexibility index (Phi) is 19.6. The van der Waals surface area contributed by atoms with Crippen LogP contribution in [0.2, 0.25) is 0 Å². The largest absolute Gasteiger partial charge is 0.394 e. The van der Waals surface area contributed by atoms with Crippen LogP contribution in [0.15, 0.2) is 0 Å². The number of hydrogen-bond acceptors (Lipinski definition) is 6. The van der Waals surface area contributed by atoms with Crippen LogP contribution >= 0.6 is 0 Å². The number of unbranched alkanes of at least 4 members (excludes halogenated alkanes) is 13. The maximum absolute atomic E-state index is 11.6. The van der Waals surface area contributed by atoms with E-state index in [2.05, 4.69) is 11.7 Å². The summed E-state index contributed by atoms with van der Waals surface area (Å²) in [4.78, 5) is 23.1. The number of hydrogen-bond donors (Lipinski definition) is 3. The Morgan fingerprint density at radius 2 is 1.17 bits per heavy atom. The summed E-state index contributed by atoms with van der Waals surface area (Å²) < 4.78 is 4.56. The monoisotopic (exact) mass is 416 g/mol. The lowest BCUT2D eigenvalue weighted by Crippen LogP contribution is -2.26. The molecule has 0 spiro atoms. The molecule has 2 atom stereocenters. The second-order valence-corrected chi connectivity index (χ2v) is 8.07. The predicted octanol–water partition coefficient (Wildman–Crippen LogP) is 4.42. The summed E-state index contributed by atoms with van der Waals surface area (Å²) >= 11 is 0. The highest BCUT2D eigenvalue weighted by Crippen LogP contribution is 2.14. The summed E-state index contributed by atoms with van der Waals surface area (Å²) in [5, 5.41) is 27.6. The molecular weight excluding hydrogens is 372 g/mol. The van der Waals surface area contributed by atoms with E-state index in [4.69, 9.17) is 10.2 Å². The Morgan fingerprint density at radius 1 is 0.724 bits per heavy atom. The number of esters is 2. The Hall–Kier alpha value is -0.980. The van der Waals surface area contributed by atoms with Crippen LogP contribution in [0.25, 0.3) is 0 Å². The van der Waals surface area contributed by atoms with Gasteiger partial charge < -0.3 is 20.1 Å². The molecule has 29 heavy (non-hydrogen) atoms. The van der Waals surface area contributed by atoms with E-state index in [9.17, 15) is 14.7 Å². The van der Waals surface area contributed by atoms with Crippen molar-refractivity contribution >= 4 is 11.9 Å². The van der Waals surface area contributed by atoms with Gasteiger partial charge in [-0.2, -0.15) is 0 Å². The molecule has 172 valence electrons. The molecular formula is C23H44O6. The predicted molar refractivity (Wildman–Crippen MR) is 114 cm³/mol. The van der Waals surface area contributed by atoms with Crippen molar-refractivity contribution in [3.8, 4) is 0 Å². The minimum atomic E-state index is -1.28. The highest BCUT2D eigenvalue weighted by Gasteiger charge is 2.20. The van der Waals surface area contributed by atoms with Crippen molar-refractivity contribution in [1.82, 2.24) is 0 Å². The van der Waals surface area contributed by atoms with Gasteiger partial charge in [-0.15, -0.1) is 0 Å². The standard InChI is InChI=1S/C23H44O6/c1-2-3-4-5-6-7-8-9-10-11-12-13-14-15-16-21(26)23(28)29-22(27)18-17-20(25)19-24/h20-21,24-26H,2-19H2,1H3. The molecule has 0 amide bonds. The lowest BCUT2D eigenvalue weighted by molar-refractivity contribution is -0.166.